The number of hydrogen-bond acceptors (Lipinski definition) is 3. The molecule has 0 spiro atoms. The number of nitriles is 1. The molecular formula is C18H10N4. The zero-order chi connectivity index (χ0) is 15.4. The van der Waals surface area contributed by atoms with Crippen molar-refractivity contribution in [2.45, 2.75) is 0 Å². The molecule has 1 heterocycles. The van der Waals surface area contributed by atoms with E-state index in [1.807, 2.05) is 24.3 Å². The van der Waals surface area contributed by atoms with Crippen LogP contribution in [0.3, 0.4) is 0 Å². The third kappa shape index (κ3) is 2.67. The Balaban J connectivity index is 1.88. The second kappa shape index (κ2) is 5.87. The number of rotatable bonds is 2. The van der Waals surface area contributed by atoms with Gasteiger partial charge in [0.05, 0.1) is 18.2 Å². The van der Waals surface area contributed by atoms with Gasteiger partial charge in [-0.1, -0.05) is 24.3 Å². The quantitative estimate of drug-likeness (QED) is 0.661. The minimum Gasteiger partial charge on any atom is -0.238 e. The van der Waals surface area contributed by atoms with E-state index in [4.69, 9.17) is 11.8 Å². The molecule has 0 fully saturated rings. The minimum atomic E-state index is 0.610. The van der Waals surface area contributed by atoms with Gasteiger partial charge in [0.25, 0.3) is 0 Å². The van der Waals surface area contributed by atoms with Crippen LogP contribution in [0.1, 0.15) is 5.56 Å². The Morgan fingerprint density at radius 3 is 1.95 bits per heavy atom. The zero-order valence-electron chi connectivity index (χ0n) is 11.6. The molecule has 2 aromatic carbocycles. The van der Waals surface area contributed by atoms with Gasteiger partial charge in [0.1, 0.15) is 0 Å². The van der Waals surface area contributed by atoms with Gasteiger partial charge in [-0.25, -0.2) is 14.8 Å². The van der Waals surface area contributed by atoms with Gasteiger partial charge in [-0.3, -0.25) is 0 Å². The van der Waals surface area contributed by atoms with E-state index in [-0.39, 0.29) is 0 Å². The van der Waals surface area contributed by atoms with Crippen LogP contribution in [0, 0.1) is 17.9 Å². The van der Waals surface area contributed by atoms with E-state index < -0.39 is 0 Å². The molecule has 0 saturated heterocycles. The predicted octanol–water partition coefficient (Wildman–Crippen LogP) is 4.23. The summed E-state index contributed by atoms with van der Waals surface area (Å²) in [5.41, 5.74) is 3.96. The summed E-state index contributed by atoms with van der Waals surface area (Å²) in [7, 11) is 0. The molecule has 1 aromatic heterocycles. The first kappa shape index (κ1) is 13.5. The van der Waals surface area contributed by atoms with Gasteiger partial charge < -0.3 is 0 Å². The van der Waals surface area contributed by atoms with Crippen LogP contribution >= 0.6 is 0 Å². The van der Waals surface area contributed by atoms with E-state index in [2.05, 4.69) is 20.9 Å². The zero-order valence-corrected chi connectivity index (χ0v) is 11.6. The van der Waals surface area contributed by atoms with Gasteiger partial charge in [-0.2, -0.15) is 5.26 Å². The molecule has 0 atom stereocenters. The molecule has 0 aliphatic heterocycles. The topological polar surface area (TPSA) is 53.9 Å². The first-order chi connectivity index (χ1) is 10.8. The summed E-state index contributed by atoms with van der Waals surface area (Å²) in [6, 6.07) is 16.6. The summed E-state index contributed by atoms with van der Waals surface area (Å²) in [6.45, 7) is 6.95. The van der Waals surface area contributed by atoms with Crippen molar-refractivity contribution in [2.75, 3.05) is 0 Å². The Hall–Kier alpha value is -3.50. The maximum Gasteiger partial charge on any atom is 0.187 e. The molecule has 4 heteroatoms. The third-order valence-electron chi connectivity index (χ3n) is 3.25. The van der Waals surface area contributed by atoms with E-state index in [0.29, 0.717) is 17.1 Å². The maximum absolute atomic E-state index is 8.80. The lowest BCUT2D eigenvalue weighted by molar-refractivity contribution is 1.18. The Morgan fingerprint density at radius 2 is 1.41 bits per heavy atom. The summed E-state index contributed by atoms with van der Waals surface area (Å²) in [5.74, 6) is 0.617. The van der Waals surface area contributed by atoms with Gasteiger partial charge in [0.15, 0.2) is 11.5 Å². The van der Waals surface area contributed by atoms with Gasteiger partial charge in [0, 0.05) is 23.5 Å². The molecule has 0 unspecified atom stereocenters. The van der Waals surface area contributed by atoms with E-state index >= 15 is 0 Å². The van der Waals surface area contributed by atoms with Crippen LogP contribution in [-0.4, -0.2) is 9.97 Å². The molecule has 22 heavy (non-hydrogen) atoms. The third-order valence-corrected chi connectivity index (χ3v) is 3.25. The molecule has 4 nitrogen and oxygen atoms in total. The van der Waals surface area contributed by atoms with Crippen LogP contribution in [0.2, 0.25) is 0 Å². The molecule has 102 valence electrons. The van der Waals surface area contributed by atoms with Crippen molar-refractivity contribution in [3.63, 3.8) is 0 Å². The van der Waals surface area contributed by atoms with Crippen molar-refractivity contribution < 1.29 is 0 Å². The van der Waals surface area contributed by atoms with Crippen molar-refractivity contribution in [2.24, 2.45) is 0 Å². The molecule has 0 amide bonds. The van der Waals surface area contributed by atoms with Gasteiger partial charge >= 0.3 is 0 Å². The molecule has 0 radical (unpaired) electrons. The Kier molecular flexibility index (Phi) is 3.59. The second-order valence-electron chi connectivity index (χ2n) is 4.64. The highest BCUT2D eigenvalue weighted by Crippen LogP contribution is 2.23. The summed E-state index contributed by atoms with van der Waals surface area (Å²) in [4.78, 5) is 12.1. The largest absolute Gasteiger partial charge is 0.238 e. The fourth-order valence-corrected chi connectivity index (χ4v) is 2.05. The van der Waals surface area contributed by atoms with Crippen LogP contribution in [0.4, 0.5) is 5.69 Å². The molecule has 3 rings (SSSR count). The lowest BCUT2D eigenvalue weighted by Crippen LogP contribution is -1.90. The van der Waals surface area contributed by atoms with Gasteiger partial charge in [0.2, 0.25) is 0 Å². The van der Waals surface area contributed by atoms with Gasteiger partial charge in [-0.15, -0.1) is 0 Å². The fraction of sp³-hybridized carbons (Fsp3) is 0. The lowest BCUT2D eigenvalue weighted by atomic mass is 10.1. The standard InChI is InChI=1S/C18H10N4/c1-20-17-8-6-14(7-9-17)16-11-21-18(22-12-16)15-4-2-13(10-19)3-5-15/h2-9,11-12H. The van der Waals surface area contributed by atoms with Crippen LogP contribution in [0.15, 0.2) is 60.9 Å². The number of aromatic nitrogens is 2. The molecule has 0 bridgehead atoms. The Labute approximate surface area is 128 Å². The SMILES string of the molecule is [C-]#[N+]c1ccc(-c2cnc(-c3ccc(C#N)cc3)nc2)cc1. The monoisotopic (exact) mass is 282 g/mol. The molecule has 0 aliphatic rings. The molecule has 0 saturated carbocycles. The highest BCUT2D eigenvalue weighted by Gasteiger charge is 2.03. The Bertz CT molecular complexity index is 788. The Morgan fingerprint density at radius 1 is 0.818 bits per heavy atom. The smallest absolute Gasteiger partial charge is 0.187 e. The van der Waals surface area contributed by atoms with E-state index in [9.17, 15) is 0 Å². The van der Waals surface area contributed by atoms with E-state index in [0.717, 1.165) is 16.7 Å². The average Bonchev–Trinajstić information content (AvgIpc) is 2.62. The number of nitrogens with zero attached hydrogens (tertiary/aromatic N) is 4. The first-order valence-electron chi connectivity index (χ1n) is 6.60. The van der Waals surface area contributed by atoms with Crippen molar-refractivity contribution in [1.82, 2.24) is 9.97 Å². The molecule has 0 N–H and O–H groups in total. The second-order valence-corrected chi connectivity index (χ2v) is 4.64. The fourth-order valence-electron chi connectivity index (χ4n) is 2.05. The number of benzene rings is 2. The van der Waals surface area contributed by atoms with Crippen LogP contribution in [0.25, 0.3) is 27.4 Å². The van der Waals surface area contributed by atoms with Crippen LogP contribution in [-0.2, 0) is 0 Å². The summed E-state index contributed by atoms with van der Waals surface area (Å²) >= 11 is 0. The van der Waals surface area contributed by atoms with Crippen molar-refractivity contribution in [3.8, 4) is 28.6 Å². The highest BCUT2D eigenvalue weighted by molar-refractivity contribution is 5.66. The minimum absolute atomic E-state index is 0.610. The normalized spacial score (nSPS) is 9.73. The molecular weight excluding hydrogens is 272 g/mol. The van der Waals surface area contributed by atoms with E-state index in [1.165, 1.54) is 0 Å². The van der Waals surface area contributed by atoms with Crippen molar-refractivity contribution in [3.05, 3.63) is 77.9 Å². The van der Waals surface area contributed by atoms with Gasteiger partial charge in [-0.05, 0) is 29.8 Å². The maximum atomic E-state index is 8.80. The van der Waals surface area contributed by atoms with Crippen LogP contribution < -0.4 is 0 Å². The summed E-state index contributed by atoms with van der Waals surface area (Å²) < 4.78 is 0. The average molecular weight is 282 g/mol. The predicted molar refractivity (Wildman–Crippen MR) is 83.9 cm³/mol. The van der Waals surface area contributed by atoms with Crippen molar-refractivity contribution >= 4 is 5.69 Å². The highest BCUT2D eigenvalue weighted by atomic mass is 14.9. The summed E-state index contributed by atoms with van der Waals surface area (Å²) in [5, 5.41) is 8.80. The van der Waals surface area contributed by atoms with Crippen LogP contribution in [0.5, 0.6) is 0 Å². The molecule has 3 aromatic rings. The number of hydrogen-bond donors (Lipinski definition) is 0. The molecule has 0 aliphatic carbocycles. The summed E-state index contributed by atoms with van der Waals surface area (Å²) in [6.07, 6.45) is 3.51. The first-order valence-corrected chi connectivity index (χ1v) is 6.60. The van der Waals surface area contributed by atoms with E-state index in [1.54, 1.807) is 36.7 Å². The van der Waals surface area contributed by atoms with Crippen molar-refractivity contribution in [1.29, 1.82) is 5.26 Å². The lowest BCUT2D eigenvalue weighted by Gasteiger charge is -2.03.